The maximum absolute atomic E-state index is 4.24. The van der Waals surface area contributed by atoms with Crippen LogP contribution in [0.15, 0.2) is 72.8 Å². The van der Waals surface area contributed by atoms with Gasteiger partial charge in [0.2, 0.25) is 0 Å². The van der Waals surface area contributed by atoms with Crippen LogP contribution in [0.2, 0.25) is 33.2 Å². The summed E-state index contributed by atoms with van der Waals surface area (Å²) in [6.07, 6.45) is 0. The topological polar surface area (TPSA) is 0 Å². The predicted molar refractivity (Wildman–Crippen MR) is 284 cm³/mol. The van der Waals surface area contributed by atoms with Crippen molar-refractivity contribution in [2.24, 2.45) is 0 Å². The van der Waals surface area contributed by atoms with Crippen molar-refractivity contribution in [3.8, 4) is 22.9 Å². The summed E-state index contributed by atoms with van der Waals surface area (Å²) in [4.78, 5) is 0. The van der Waals surface area contributed by atoms with E-state index < -0.39 is 16.1 Å². The quantitative estimate of drug-likeness (QED) is 0.0889. The lowest BCUT2D eigenvalue weighted by atomic mass is 9.79. The molecular formula is C60H66Si2. The summed E-state index contributed by atoms with van der Waals surface area (Å²) in [6.45, 7) is 38.6. The van der Waals surface area contributed by atoms with Gasteiger partial charge in [0.25, 0.3) is 0 Å². The van der Waals surface area contributed by atoms with E-state index in [9.17, 15) is 0 Å². The third-order valence-corrected chi connectivity index (χ3v) is 29.1. The van der Waals surface area contributed by atoms with Gasteiger partial charge >= 0.3 is 0 Å². The first kappa shape index (κ1) is 42.4. The largest absolute Gasteiger partial charge is 0.146 e. The second-order valence-corrected chi connectivity index (χ2v) is 32.2. The molecule has 62 heavy (non-hydrogen) atoms. The summed E-state index contributed by atoms with van der Waals surface area (Å²) in [5.74, 6) is 8.29. The SMILES string of the molecule is Cc1c2ccccc2c(C)c2c3cc4c(C#C[Si](C(C)C)(C(C)C)C(C)C)c5cc6c(cc5c(C#C[Si](C(C)C)(C(C)C)C(C)C)c4cc3c12)c1c(C)c2ccccc2c(C)c61. The van der Waals surface area contributed by atoms with E-state index in [-0.39, 0.29) is 0 Å². The van der Waals surface area contributed by atoms with Gasteiger partial charge < -0.3 is 0 Å². The Bertz CT molecular complexity index is 2970. The lowest BCUT2D eigenvalue weighted by Gasteiger charge is -2.38. The van der Waals surface area contributed by atoms with Crippen LogP contribution in [-0.4, -0.2) is 16.1 Å². The summed E-state index contributed by atoms with van der Waals surface area (Å²) >= 11 is 0. The van der Waals surface area contributed by atoms with Crippen molar-refractivity contribution >= 4 is 102 Å². The minimum absolute atomic E-state index is 0.539. The fraction of sp³-hybridized carbons (Fsp3) is 0.367. The molecule has 0 aliphatic rings. The first-order chi connectivity index (χ1) is 29.4. The number of rotatable bonds is 6. The Morgan fingerprint density at radius 2 is 0.516 bits per heavy atom. The molecule has 0 aliphatic heterocycles. The van der Waals surface area contributed by atoms with E-state index in [4.69, 9.17) is 0 Å². The third kappa shape index (κ3) is 5.65. The molecule has 0 aliphatic carbocycles. The first-order valence-electron chi connectivity index (χ1n) is 23.6. The van der Waals surface area contributed by atoms with Crippen LogP contribution in [0, 0.1) is 50.6 Å². The molecule has 9 aromatic carbocycles. The second-order valence-electron chi connectivity index (χ2n) is 21.0. The molecule has 0 atom stereocenters. The smallest absolute Gasteiger partial charge is 0.125 e. The fourth-order valence-electron chi connectivity index (χ4n) is 13.4. The monoisotopic (exact) mass is 842 g/mol. The van der Waals surface area contributed by atoms with Crippen LogP contribution < -0.4 is 0 Å². The normalized spacial score (nSPS) is 13.1. The van der Waals surface area contributed by atoms with Crippen LogP contribution in [0.1, 0.15) is 116 Å². The third-order valence-electron chi connectivity index (χ3n) is 16.5. The predicted octanol–water partition coefficient (Wildman–Crippen LogP) is 18.2. The average molecular weight is 843 g/mol. The van der Waals surface area contributed by atoms with Crippen molar-refractivity contribution < 1.29 is 0 Å². The van der Waals surface area contributed by atoms with Crippen molar-refractivity contribution in [1.82, 2.24) is 0 Å². The number of aryl methyl sites for hydroxylation is 4. The number of fused-ring (bicyclic) bond motifs is 12. The van der Waals surface area contributed by atoms with Crippen molar-refractivity contribution in [3.63, 3.8) is 0 Å². The van der Waals surface area contributed by atoms with Crippen LogP contribution in [0.3, 0.4) is 0 Å². The zero-order chi connectivity index (χ0) is 44.5. The van der Waals surface area contributed by atoms with E-state index in [0.717, 1.165) is 0 Å². The average Bonchev–Trinajstić information content (AvgIpc) is 3.20. The summed E-state index contributed by atoms with van der Waals surface area (Å²) in [5.41, 5.74) is 19.6. The van der Waals surface area contributed by atoms with Gasteiger partial charge in [0.1, 0.15) is 16.1 Å². The Morgan fingerprint density at radius 1 is 0.306 bits per heavy atom. The minimum Gasteiger partial charge on any atom is -0.125 e. The molecule has 0 N–H and O–H groups in total. The van der Waals surface area contributed by atoms with Crippen molar-refractivity contribution in [2.45, 2.75) is 144 Å². The van der Waals surface area contributed by atoms with Crippen LogP contribution in [-0.2, 0) is 0 Å². The van der Waals surface area contributed by atoms with E-state index >= 15 is 0 Å². The standard InChI is InChI=1S/C60H66Si2/c1-33(2)61(34(3)4,35(5)6)27-25-47-49-29-53-55(59-41(15)45-23-19-17-21-43(45)39(13)57(53)59)31-51(49)48(26-28-62(36(7)8,37(9)10)38(11)12)52-32-56-54(30-50(47)52)58-40(14)44-22-18-20-24-46(44)42(16)60(56)58/h17-24,29-38H,1-16H3. The molecule has 9 aromatic rings. The van der Waals surface area contributed by atoms with Gasteiger partial charge in [0.05, 0.1) is 0 Å². The van der Waals surface area contributed by atoms with Crippen molar-refractivity contribution in [3.05, 3.63) is 106 Å². The summed E-state index contributed by atoms with van der Waals surface area (Å²) in [7, 11) is -4.18. The summed E-state index contributed by atoms with van der Waals surface area (Å²) in [5, 5.41) is 21.6. The molecular weight excluding hydrogens is 777 g/mol. The van der Waals surface area contributed by atoms with Crippen LogP contribution in [0.25, 0.3) is 86.2 Å². The molecule has 0 radical (unpaired) electrons. The van der Waals surface area contributed by atoms with Crippen LogP contribution in [0.5, 0.6) is 0 Å². The maximum atomic E-state index is 4.24. The van der Waals surface area contributed by atoms with Crippen molar-refractivity contribution in [1.29, 1.82) is 0 Å². The molecule has 0 amide bonds. The van der Waals surface area contributed by atoms with Gasteiger partial charge in [-0.25, -0.2) is 0 Å². The highest BCUT2D eigenvalue weighted by Gasteiger charge is 2.43. The Hall–Kier alpha value is -4.87. The van der Waals surface area contributed by atoms with Gasteiger partial charge in [0.15, 0.2) is 0 Å². The molecule has 0 saturated carbocycles. The van der Waals surface area contributed by atoms with Crippen LogP contribution >= 0.6 is 0 Å². The molecule has 0 spiro atoms. The van der Waals surface area contributed by atoms with E-state index in [1.165, 1.54) is 120 Å². The lowest BCUT2D eigenvalue weighted by Crippen LogP contribution is -2.43. The zero-order valence-corrected chi connectivity index (χ0v) is 42.4. The van der Waals surface area contributed by atoms with Gasteiger partial charge in [-0.2, -0.15) is 0 Å². The number of hydrogen-bond donors (Lipinski definition) is 0. The van der Waals surface area contributed by atoms with Gasteiger partial charge in [-0.05, 0) is 194 Å². The second kappa shape index (κ2) is 14.9. The molecule has 0 aromatic heterocycles. The van der Waals surface area contributed by atoms with Gasteiger partial charge in [-0.15, -0.1) is 11.1 Å². The van der Waals surface area contributed by atoms with Gasteiger partial charge in [-0.3, -0.25) is 0 Å². The highest BCUT2D eigenvalue weighted by atomic mass is 28.3. The number of hydrogen-bond acceptors (Lipinski definition) is 0. The maximum Gasteiger partial charge on any atom is 0.146 e. The molecule has 0 saturated heterocycles. The minimum atomic E-state index is -2.09. The van der Waals surface area contributed by atoms with Crippen molar-refractivity contribution in [2.75, 3.05) is 0 Å². The van der Waals surface area contributed by atoms with E-state index in [1.807, 2.05) is 0 Å². The van der Waals surface area contributed by atoms with Crippen LogP contribution in [0.4, 0.5) is 0 Å². The molecule has 0 nitrogen and oxygen atoms in total. The first-order valence-corrected chi connectivity index (χ1v) is 28.1. The molecule has 2 heteroatoms. The molecule has 314 valence electrons. The Morgan fingerprint density at radius 3 is 0.710 bits per heavy atom. The Labute approximate surface area is 373 Å². The van der Waals surface area contributed by atoms with E-state index in [2.05, 4.69) is 207 Å². The van der Waals surface area contributed by atoms with E-state index in [0.29, 0.717) is 33.2 Å². The zero-order valence-electron chi connectivity index (χ0n) is 40.4. The Kier molecular flexibility index (Phi) is 10.2. The lowest BCUT2D eigenvalue weighted by molar-refractivity contribution is 0.838. The van der Waals surface area contributed by atoms with E-state index in [1.54, 1.807) is 0 Å². The number of benzene rings is 7. The highest BCUT2D eigenvalue weighted by Crippen LogP contribution is 2.50. The van der Waals surface area contributed by atoms with Gasteiger partial charge in [0, 0.05) is 11.1 Å². The van der Waals surface area contributed by atoms with Gasteiger partial charge in [-0.1, -0.05) is 143 Å². The molecule has 0 heterocycles. The summed E-state index contributed by atoms with van der Waals surface area (Å²) in [6, 6.07) is 28.1. The molecule has 9 rings (SSSR count). The summed E-state index contributed by atoms with van der Waals surface area (Å²) < 4.78 is 0. The highest BCUT2D eigenvalue weighted by molar-refractivity contribution is 6.91. The molecule has 0 unspecified atom stereocenters. The molecule has 0 fully saturated rings. The Balaban J connectivity index is 1.53. The molecule has 0 bridgehead atoms. The fourth-order valence-corrected chi connectivity index (χ4v) is 23.8.